The second kappa shape index (κ2) is 3.27. The Morgan fingerprint density at radius 3 is 2.92 bits per heavy atom. The maximum atomic E-state index is 9.77. The lowest BCUT2D eigenvalue weighted by molar-refractivity contribution is 0.215. The fraction of sp³-hybridized carbons (Fsp3) is 0.250. The van der Waals surface area contributed by atoms with Crippen molar-refractivity contribution in [2.24, 2.45) is 7.05 Å². The lowest BCUT2D eigenvalue weighted by Gasteiger charge is -2.01. The number of aliphatic hydroxyl groups is 1. The molecular formula is C8H9N3OS. The van der Waals surface area contributed by atoms with Gasteiger partial charge in [-0.1, -0.05) is 0 Å². The van der Waals surface area contributed by atoms with Crippen molar-refractivity contribution in [1.29, 1.82) is 0 Å². The highest BCUT2D eigenvalue weighted by Gasteiger charge is 2.14. The molecule has 1 unspecified atom stereocenters. The highest BCUT2D eigenvalue weighted by Crippen LogP contribution is 2.21. The molecule has 2 rings (SSSR count). The van der Waals surface area contributed by atoms with E-state index >= 15 is 0 Å². The third-order valence-corrected chi connectivity index (χ3v) is 2.52. The van der Waals surface area contributed by atoms with Gasteiger partial charge in [0.15, 0.2) is 0 Å². The molecule has 1 atom stereocenters. The zero-order valence-corrected chi connectivity index (χ0v) is 7.90. The zero-order chi connectivity index (χ0) is 9.26. The molecular weight excluding hydrogens is 186 g/mol. The van der Waals surface area contributed by atoms with E-state index in [9.17, 15) is 5.11 Å². The van der Waals surface area contributed by atoms with Crippen LogP contribution in [0.25, 0.3) is 0 Å². The van der Waals surface area contributed by atoms with Crippen LogP contribution in [-0.2, 0) is 7.05 Å². The molecule has 0 aliphatic heterocycles. The Morgan fingerprint density at radius 2 is 2.38 bits per heavy atom. The predicted octanol–water partition coefficient (Wildman–Crippen LogP) is 0.958. The van der Waals surface area contributed by atoms with Crippen molar-refractivity contribution in [3.63, 3.8) is 0 Å². The number of aromatic nitrogens is 3. The van der Waals surface area contributed by atoms with Gasteiger partial charge < -0.3 is 9.67 Å². The average molecular weight is 195 g/mol. The van der Waals surface area contributed by atoms with E-state index in [1.807, 2.05) is 12.4 Å². The molecule has 0 bridgehead atoms. The van der Waals surface area contributed by atoms with Crippen LogP contribution in [0.4, 0.5) is 0 Å². The van der Waals surface area contributed by atoms with Gasteiger partial charge in [0.25, 0.3) is 0 Å². The summed E-state index contributed by atoms with van der Waals surface area (Å²) >= 11 is 1.42. The highest BCUT2D eigenvalue weighted by atomic mass is 32.1. The number of imidazole rings is 1. The first-order valence-electron chi connectivity index (χ1n) is 3.82. The molecule has 0 saturated heterocycles. The molecule has 0 spiro atoms. The summed E-state index contributed by atoms with van der Waals surface area (Å²) in [7, 11) is 1.87. The minimum absolute atomic E-state index is 0.637. The van der Waals surface area contributed by atoms with Crippen molar-refractivity contribution in [3.8, 4) is 0 Å². The van der Waals surface area contributed by atoms with Crippen LogP contribution in [-0.4, -0.2) is 19.6 Å². The van der Waals surface area contributed by atoms with E-state index in [-0.39, 0.29) is 0 Å². The predicted molar refractivity (Wildman–Crippen MR) is 49.4 cm³/mol. The Labute approximate surface area is 79.5 Å². The normalized spacial score (nSPS) is 13.1. The topological polar surface area (TPSA) is 50.9 Å². The van der Waals surface area contributed by atoms with Crippen LogP contribution in [0.1, 0.15) is 16.8 Å². The summed E-state index contributed by atoms with van der Waals surface area (Å²) in [6.45, 7) is 0. The van der Waals surface area contributed by atoms with Gasteiger partial charge in [0.05, 0.1) is 12.0 Å². The summed E-state index contributed by atoms with van der Waals surface area (Å²) in [4.78, 5) is 8.07. The summed E-state index contributed by atoms with van der Waals surface area (Å²) in [5.74, 6) is 0. The van der Waals surface area contributed by atoms with Crippen molar-refractivity contribution in [1.82, 2.24) is 14.5 Å². The fourth-order valence-corrected chi connectivity index (χ4v) is 1.70. The molecule has 2 aromatic heterocycles. The van der Waals surface area contributed by atoms with Crippen LogP contribution >= 0.6 is 11.3 Å². The van der Waals surface area contributed by atoms with Crippen molar-refractivity contribution < 1.29 is 5.11 Å². The Balaban J connectivity index is 2.28. The molecule has 0 aromatic carbocycles. The smallest absolute Gasteiger partial charge is 0.149 e. The Bertz CT molecular complexity index is 382. The zero-order valence-electron chi connectivity index (χ0n) is 7.08. The molecule has 68 valence electrons. The first-order chi connectivity index (χ1) is 6.27. The van der Waals surface area contributed by atoms with Crippen LogP contribution in [0.3, 0.4) is 0 Å². The molecule has 0 aliphatic rings. The standard InChI is InChI=1S/C8H9N3OS/c1-11-4-6(10-5-11)7(12)8-9-2-3-13-8/h2-5,7,12H,1H3. The van der Waals surface area contributed by atoms with Gasteiger partial charge in [-0.15, -0.1) is 11.3 Å². The maximum Gasteiger partial charge on any atom is 0.149 e. The summed E-state index contributed by atoms with van der Waals surface area (Å²) in [6.07, 6.45) is 4.42. The molecule has 0 fully saturated rings. The molecule has 4 nitrogen and oxygen atoms in total. The van der Waals surface area contributed by atoms with Gasteiger partial charge in [-0.25, -0.2) is 9.97 Å². The summed E-state index contributed by atoms with van der Waals surface area (Å²) < 4.78 is 1.80. The van der Waals surface area contributed by atoms with E-state index in [2.05, 4.69) is 9.97 Å². The van der Waals surface area contributed by atoms with Gasteiger partial charge in [-0.05, 0) is 0 Å². The molecule has 0 radical (unpaired) electrons. The fourth-order valence-electron chi connectivity index (χ4n) is 1.07. The lowest BCUT2D eigenvalue weighted by atomic mass is 10.3. The van der Waals surface area contributed by atoms with E-state index in [0.717, 1.165) is 0 Å². The molecule has 2 heterocycles. The van der Waals surface area contributed by atoms with Gasteiger partial charge in [0.2, 0.25) is 0 Å². The van der Waals surface area contributed by atoms with Crippen molar-refractivity contribution >= 4 is 11.3 Å². The SMILES string of the molecule is Cn1cnc(C(O)c2nccs2)c1. The summed E-state index contributed by atoms with van der Waals surface area (Å²) in [5.41, 5.74) is 0.637. The van der Waals surface area contributed by atoms with Gasteiger partial charge in [0.1, 0.15) is 11.1 Å². The first kappa shape index (κ1) is 8.40. The van der Waals surface area contributed by atoms with E-state index in [1.165, 1.54) is 11.3 Å². The third-order valence-electron chi connectivity index (χ3n) is 1.69. The van der Waals surface area contributed by atoms with Gasteiger partial charge in [-0.3, -0.25) is 0 Å². The molecule has 2 aromatic rings. The minimum atomic E-state index is -0.693. The Hall–Kier alpha value is -1.20. The van der Waals surface area contributed by atoms with Crippen molar-refractivity contribution in [2.75, 3.05) is 0 Å². The Kier molecular flexibility index (Phi) is 2.12. The van der Waals surface area contributed by atoms with E-state index in [4.69, 9.17) is 0 Å². The highest BCUT2D eigenvalue weighted by molar-refractivity contribution is 7.09. The Morgan fingerprint density at radius 1 is 1.54 bits per heavy atom. The lowest BCUT2D eigenvalue weighted by Crippen LogP contribution is -1.98. The van der Waals surface area contributed by atoms with Crippen molar-refractivity contribution in [2.45, 2.75) is 6.10 Å². The van der Waals surface area contributed by atoms with E-state index in [1.54, 1.807) is 23.3 Å². The largest absolute Gasteiger partial charge is 0.379 e. The van der Waals surface area contributed by atoms with Crippen LogP contribution in [0.15, 0.2) is 24.1 Å². The van der Waals surface area contributed by atoms with Gasteiger partial charge >= 0.3 is 0 Å². The second-order valence-electron chi connectivity index (χ2n) is 2.74. The van der Waals surface area contributed by atoms with Gasteiger partial charge in [0, 0.05) is 24.8 Å². The quantitative estimate of drug-likeness (QED) is 0.776. The average Bonchev–Trinajstić information content (AvgIpc) is 2.72. The number of aryl methyl sites for hydroxylation is 1. The van der Waals surface area contributed by atoms with E-state index in [0.29, 0.717) is 10.7 Å². The molecule has 13 heavy (non-hydrogen) atoms. The van der Waals surface area contributed by atoms with E-state index < -0.39 is 6.10 Å². The first-order valence-corrected chi connectivity index (χ1v) is 4.70. The minimum Gasteiger partial charge on any atom is -0.379 e. The number of nitrogens with zero attached hydrogens (tertiary/aromatic N) is 3. The van der Waals surface area contributed by atoms with Gasteiger partial charge in [-0.2, -0.15) is 0 Å². The summed E-state index contributed by atoms with van der Waals surface area (Å²) in [5, 5.41) is 12.3. The number of rotatable bonds is 2. The number of aliphatic hydroxyl groups excluding tert-OH is 1. The number of hydrogen-bond donors (Lipinski definition) is 1. The van der Waals surface area contributed by atoms with Crippen LogP contribution in [0.2, 0.25) is 0 Å². The molecule has 0 aliphatic carbocycles. The molecule has 0 saturated carbocycles. The van der Waals surface area contributed by atoms with Crippen LogP contribution < -0.4 is 0 Å². The van der Waals surface area contributed by atoms with Crippen LogP contribution in [0.5, 0.6) is 0 Å². The van der Waals surface area contributed by atoms with Crippen molar-refractivity contribution in [3.05, 3.63) is 34.8 Å². The number of thiazole rings is 1. The molecule has 0 amide bonds. The maximum absolute atomic E-state index is 9.77. The second-order valence-corrected chi connectivity index (χ2v) is 3.66. The molecule has 1 N–H and O–H groups in total. The molecule has 5 heteroatoms. The summed E-state index contributed by atoms with van der Waals surface area (Å²) in [6, 6.07) is 0. The monoisotopic (exact) mass is 195 g/mol. The number of hydrogen-bond acceptors (Lipinski definition) is 4. The van der Waals surface area contributed by atoms with Crippen LogP contribution in [0, 0.1) is 0 Å². The third kappa shape index (κ3) is 1.61.